The second kappa shape index (κ2) is 8.05. The monoisotopic (exact) mass is 357 g/mol. The number of carbonyl (C=O) groups is 1. The molecule has 1 aromatic rings. The summed E-state index contributed by atoms with van der Waals surface area (Å²) >= 11 is 0. The molecule has 4 heterocycles. The molecule has 0 radical (unpaired) electrons. The molecular formula is C21H31N3O2. The first kappa shape index (κ1) is 17.9. The maximum absolute atomic E-state index is 12.5. The van der Waals surface area contributed by atoms with Gasteiger partial charge in [0, 0.05) is 45.5 Å². The van der Waals surface area contributed by atoms with E-state index in [1.54, 1.807) is 0 Å². The third kappa shape index (κ3) is 4.26. The van der Waals surface area contributed by atoms with Crippen LogP contribution in [0.1, 0.15) is 44.2 Å². The molecule has 0 bridgehead atoms. The van der Waals surface area contributed by atoms with E-state index in [0.29, 0.717) is 17.2 Å². The van der Waals surface area contributed by atoms with E-state index in [0.717, 1.165) is 77.3 Å². The van der Waals surface area contributed by atoms with Gasteiger partial charge in [-0.2, -0.15) is 0 Å². The summed E-state index contributed by atoms with van der Waals surface area (Å²) < 4.78 is 5.47. The van der Waals surface area contributed by atoms with E-state index in [1.165, 1.54) is 12.8 Å². The van der Waals surface area contributed by atoms with Crippen molar-refractivity contribution < 1.29 is 9.53 Å². The van der Waals surface area contributed by atoms with Gasteiger partial charge in [0.1, 0.15) is 0 Å². The van der Waals surface area contributed by atoms with Crippen molar-refractivity contribution in [3.63, 3.8) is 0 Å². The maximum Gasteiger partial charge on any atom is 0.222 e. The van der Waals surface area contributed by atoms with Crippen LogP contribution in [0, 0.1) is 11.3 Å². The fourth-order valence-electron chi connectivity index (χ4n) is 4.82. The quantitative estimate of drug-likeness (QED) is 0.831. The summed E-state index contributed by atoms with van der Waals surface area (Å²) in [6.45, 7) is 6.83. The molecule has 0 aliphatic carbocycles. The van der Waals surface area contributed by atoms with Crippen LogP contribution >= 0.6 is 0 Å². The van der Waals surface area contributed by atoms with Crippen LogP contribution in [-0.4, -0.2) is 60.1 Å². The fraction of sp³-hybridized carbons (Fsp3) is 0.714. The average molecular weight is 357 g/mol. The minimum Gasteiger partial charge on any atom is -0.381 e. The molecule has 5 heteroatoms. The maximum atomic E-state index is 12.5. The molecule has 1 amide bonds. The predicted octanol–water partition coefficient (Wildman–Crippen LogP) is 2.71. The summed E-state index contributed by atoms with van der Waals surface area (Å²) in [6, 6.07) is 6.15. The first-order valence-electron chi connectivity index (χ1n) is 10.2. The lowest BCUT2D eigenvalue weighted by Gasteiger charge is -2.48. The van der Waals surface area contributed by atoms with E-state index in [4.69, 9.17) is 4.74 Å². The minimum atomic E-state index is 0.347. The van der Waals surface area contributed by atoms with E-state index in [1.807, 2.05) is 12.3 Å². The number of aromatic nitrogens is 1. The summed E-state index contributed by atoms with van der Waals surface area (Å²) in [5.74, 6) is 1.00. The molecule has 3 aliphatic rings. The lowest BCUT2D eigenvalue weighted by molar-refractivity contribution is -0.140. The fourth-order valence-corrected chi connectivity index (χ4v) is 4.82. The minimum absolute atomic E-state index is 0.347. The van der Waals surface area contributed by atoms with Crippen molar-refractivity contribution in [1.29, 1.82) is 0 Å². The van der Waals surface area contributed by atoms with Crippen molar-refractivity contribution in [2.24, 2.45) is 11.3 Å². The van der Waals surface area contributed by atoms with Crippen molar-refractivity contribution in [2.75, 3.05) is 39.4 Å². The summed E-state index contributed by atoms with van der Waals surface area (Å²) in [4.78, 5) is 21.6. The number of hydrogen-bond acceptors (Lipinski definition) is 4. The zero-order chi connectivity index (χ0) is 17.8. The Kier molecular flexibility index (Phi) is 5.55. The molecule has 3 saturated heterocycles. The second-order valence-electron chi connectivity index (χ2n) is 8.43. The summed E-state index contributed by atoms with van der Waals surface area (Å²) in [5.41, 5.74) is 1.50. The Morgan fingerprint density at radius 1 is 1.15 bits per heavy atom. The molecule has 0 unspecified atom stereocenters. The number of hydrogen-bond donors (Lipinski definition) is 0. The molecule has 0 N–H and O–H groups in total. The number of ether oxygens (including phenoxy) is 1. The molecular weight excluding hydrogens is 326 g/mol. The Morgan fingerprint density at radius 3 is 2.69 bits per heavy atom. The van der Waals surface area contributed by atoms with E-state index >= 15 is 0 Å². The highest BCUT2D eigenvalue weighted by Crippen LogP contribution is 2.40. The van der Waals surface area contributed by atoms with Gasteiger partial charge in [0.2, 0.25) is 5.91 Å². The number of piperidine rings is 2. The number of nitrogens with zero attached hydrogens (tertiary/aromatic N) is 3. The first-order chi connectivity index (χ1) is 12.7. The topological polar surface area (TPSA) is 45.7 Å². The highest BCUT2D eigenvalue weighted by atomic mass is 16.5. The van der Waals surface area contributed by atoms with Gasteiger partial charge in [-0.25, -0.2) is 0 Å². The van der Waals surface area contributed by atoms with Crippen molar-refractivity contribution in [1.82, 2.24) is 14.8 Å². The molecule has 142 valence electrons. The molecule has 3 aliphatic heterocycles. The van der Waals surface area contributed by atoms with Crippen LogP contribution in [0.4, 0.5) is 0 Å². The van der Waals surface area contributed by atoms with Crippen molar-refractivity contribution in [3.8, 4) is 0 Å². The van der Waals surface area contributed by atoms with Crippen LogP contribution < -0.4 is 0 Å². The van der Waals surface area contributed by atoms with Gasteiger partial charge < -0.3 is 9.64 Å². The van der Waals surface area contributed by atoms with Crippen LogP contribution in [0.2, 0.25) is 0 Å². The van der Waals surface area contributed by atoms with Gasteiger partial charge in [0.15, 0.2) is 0 Å². The highest BCUT2D eigenvalue weighted by Gasteiger charge is 2.41. The summed E-state index contributed by atoms with van der Waals surface area (Å²) in [7, 11) is 0. The molecule has 0 atom stereocenters. The smallest absolute Gasteiger partial charge is 0.222 e. The SMILES string of the molecule is O=C1CCC2(CCN(Cc3ccccn3)CC2)CN1CC1CCOCC1. The third-order valence-electron chi connectivity index (χ3n) is 6.60. The summed E-state index contributed by atoms with van der Waals surface area (Å²) in [5, 5.41) is 0. The third-order valence-corrected chi connectivity index (χ3v) is 6.60. The van der Waals surface area contributed by atoms with Gasteiger partial charge in [-0.3, -0.25) is 14.7 Å². The molecule has 26 heavy (non-hydrogen) atoms. The van der Waals surface area contributed by atoms with Crippen LogP contribution in [0.25, 0.3) is 0 Å². The van der Waals surface area contributed by atoms with Crippen molar-refractivity contribution in [2.45, 2.75) is 45.1 Å². The number of likely N-dealkylation sites (tertiary alicyclic amines) is 2. The molecule has 1 spiro atoms. The van der Waals surface area contributed by atoms with Crippen LogP contribution in [0.5, 0.6) is 0 Å². The number of pyridine rings is 1. The average Bonchev–Trinajstić information content (AvgIpc) is 2.69. The molecule has 3 fully saturated rings. The molecule has 5 nitrogen and oxygen atoms in total. The van der Waals surface area contributed by atoms with Gasteiger partial charge in [0.25, 0.3) is 0 Å². The Balaban J connectivity index is 1.31. The highest BCUT2D eigenvalue weighted by molar-refractivity contribution is 5.77. The zero-order valence-corrected chi connectivity index (χ0v) is 15.7. The van der Waals surface area contributed by atoms with Gasteiger partial charge in [-0.05, 0) is 68.7 Å². The van der Waals surface area contributed by atoms with E-state index < -0.39 is 0 Å². The van der Waals surface area contributed by atoms with Crippen LogP contribution in [-0.2, 0) is 16.1 Å². The van der Waals surface area contributed by atoms with Crippen LogP contribution in [0.15, 0.2) is 24.4 Å². The van der Waals surface area contributed by atoms with Crippen molar-refractivity contribution in [3.05, 3.63) is 30.1 Å². The summed E-state index contributed by atoms with van der Waals surface area (Å²) in [6.07, 6.45) is 8.32. The largest absolute Gasteiger partial charge is 0.381 e. The first-order valence-corrected chi connectivity index (χ1v) is 10.2. The Bertz CT molecular complexity index is 593. The molecule has 1 aromatic heterocycles. The predicted molar refractivity (Wildman–Crippen MR) is 101 cm³/mol. The second-order valence-corrected chi connectivity index (χ2v) is 8.43. The van der Waals surface area contributed by atoms with E-state index in [9.17, 15) is 4.79 Å². The van der Waals surface area contributed by atoms with Crippen molar-refractivity contribution >= 4 is 5.91 Å². The lowest BCUT2D eigenvalue weighted by atomic mass is 9.72. The Hall–Kier alpha value is -1.46. The lowest BCUT2D eigenvalue weighted by Crippen LogP contribution is -2.52. The van der Waals surface area contributed by atoms with Crippen LogP contribution in [0.3, 0.4) is 0 Å². The Morgan fingerprint density at radius 2 is 1.96 bits per heavy atom. The van der Waals surface area contributed by atoms with Gasteiger partial charge in [0.05, 0.1) is 5.69 Å². The zero-order valence-electron chi connectivity index (χ0n) is 15.7. The van der Waals surface area contributed by atoms with Gasteiger partial charge in [-0.15, -0.1) is 0 Å². The molecule has 0 saturated carbocycles. The normalized spacial score (nSPS) is 24.9. The molecule has 0 aromatic carbocycles. The van der Waals surface area contributed by atoms with Gasteiger partial charge in [-0.1, -0.05) is 6.07 Å². The number of amides is 1. The number of rotatable bonds is 4. The number of carbonyl (C=O) groups excluding carboxylic acids is 1. The standard InChI is InChI=1S/C21H31N3O2/c25-20-4-7-21(17-24(20)15-18-5-13-26-14-6-18)8-11-23(12-9-21)16-19-3-1-2-10-22-19/h1-3,10,18H,4-9,11-17H2. The molecule has 4 rings (SSSR count). The van der Waals surface area contributed by atoms with E-state index in [2.05, 4.69) is 26.9 Å². The van der Waals surface area contributed by atoms with Gasteiger partial charge >= 0.3 is 0 Å². The Labute approximate surface area is 156 Å². The van der Waals surface area contributed by atoms with E-state index in [-0.39, 0.29) is 0 Å².